The molecule has 1 heterocycles. The van der Waals surface area contributed by atoms with E-state index in [2.05, 4.69) is 4.72 Å². The lowest BCUT2D eigenvalue weighted by Gasteiger charge is -2.10. The van der Waals surface area contributed by atoms with Crippen molar-refractivity contribution in [1.82, 2.24) is 4.72 Å². The minimum atomic E-state index is -3.23. The number of thiophene rings is 1. The van der Waals surface area contributed by atoms with Gasteiger partial charge in [0, 0.05) is 11.4 Å². The Balaban J connectivity index is 1.93. The van der Waals surface area contributed by atoms with E-state index >= 15 is 0 Å². The maximum atomic E-state index is 12.3. The Labute approximate surface area is 163 Å². The van der Waals surface area contributed by atoms with Gasteiger partial charge in [-0.05, 0) is 50.5 Å². The Hall–Kier alpha value is -2.03. The topological polar surface area (TPSA) is 89.5 Å². The third-order valence-electron chi connectivity index (χ3n) is 3.89. The van der Waals surface area contributed by atoms with Crippen molar-refractivity contribution in [1.29, 1.82) is 0 Å². The van der Waals surface area contributed by atoms with Crippen LogP contribution in [0, 0.1) is 20.8 Å². The van der Waals surface area contributed by atoms with E-state index in [0.29, 0.717) is 16.9 Å². The standard InChI is InChI=1S/C19H23NO5S2/c1-12-9-13(2)18(14(3)10-12)19(22)25-11-16(21)17-6-5-15(26-17)7-8-20-27(4,23)24/h5-6,9-10,20H,7-8,11H2,1-4H3. The number of sulfonamides is 1. The Morgan fingerprint density at radius 2 is 1.74 bits per heavy atom. The molecule has 2 aromatic rings. The van der Waals surface area contributed by atoms with Crippen molar-refractivity contribution in [2.75, 3.05) is 19.4 Å². The first-order chi connectivity index (χ1) is 12.6. The first kappa shape index (κ1) is 21.3. The van der Waals surface area contributed by atoms with E-state index in [1.54, 1.807) is 12.1 Å². The molecule has 0 aliphatic rings. The average Bonchev–Trinajstić information content (AvgIpc) is 2.99. The van der Waals surface area contributed by atoms with Gasteiger partial charge in [-0.3, -0.25) is 4.79 Å². The number of ketones is 1. The third-order valence-corrected chi connectivity index (χ3v) is 5.80. The molecule has 8 heteroatoms. The molecular formula is C19H23NO5S2. The van der Waals surface area contributed by atoms with Crippen LogP contribution < -0.4 is 4.72 Å². The first-order valence-corrected chi connectivity index (χ1v) is 11.1. The SMILES string of the molecule is Cc1cc(C)c(C(=O)OCC(=O)c2ccc(CCNS(C)(=O)=O)s2)c(C)c1. The molecule has 6 nitrogen and oxygen atoms in total. The summed E-state index contributed by atoms with van der Waals surface area (Å²) in [5.74, 6) is -0.787. The van der Waals surface area contributed by atoms with Crippen LogP contribution in [-0.2, 0) is 21.2 Å². The summed E-state index contributed by atoms with van der Waals surface area (Å²) in [5, 5.41) is 0. The Bertz CT molecular complexity index is 937. The van der Waals surface area contributed by atoms with Gasteiger partial charge < -0.3 is 4.74 Å². The van der Waals surface area contributed by atoms with E-state index in [4.69, 9.17) is 4.74 Å². The average molecular weight is 410 g/mol. The van der Waals surface area contributed by atoms with Crippen LogP contribution in [0.1, 0.15) is 41.6 Å². The van der Waals surface area contributed by atoms with E-state index in [9.17, 15) is 18.0 Å². The number of ether oxygens (including phenoxy) is 1. The molecule has 0 amide bonds. The molecule has 1 aromatic carbocycles. The van der Waals surface area contributed by atoms with Crippen LogP contribution in [0.15, 0.2) is 24.3 Å². The number of nitrogens with one attached hydrogen (secondary N) is 1. The number of hydrogen-bond acceptors (Lipinski definition) is 6. The maximum absolute atomic E-state index is 12.3. The molecule has 0 saturated carbocycles. The molecule has 0 unspecified atom stereocenters. The van der Waals surface area contributed by atoms with Gasteiger partial charge in [0.2, 0.25) is 15.8 Å². The molecule has 0 aliphatic carbocycles. The lowest BCUT2D eigenvalue weighted by atomic mass is 10.00. The van der Waals surface area contributed by atoms with Crippen molar-refractivity contribution in [3.63, 3.8) is 0 Å². The zero-order chi connectivity index (χ0) is 20.2. The molecular weight excluding hydrogens is 386 g/mol. The molecule has 0 saturated heterocycles. The summed E-state index contributed by atoms with van der Waals surface area (Å²) in [4.78, 5) is 26.0. The van der Waals surface area contributed by atoms with Gasteiger partial charge in [0.25, 0.3) is 0 Å². The second-order valence-electron chi connectivity index (χ2n) is 6.46. The van der Waals surface area contributed by atoms with Gasteiger partial charge in [-0.25, -0.2) is 17.9 Å². The Morgan fingerprint density at radius 1 is 1.11 bits per heavy atom. The number of rotatable bonds is 8. The fourth-order valence-electron chi connectivity index (χ4n) is 2.80. The number of carbonyl (C=O) groups is 2. The largest absolute Gasteiger partial charge is 0.454 e. The highest BCUT2D eigenvalue weighted by molar-refractivity contribution is 7.88. The van der Waals surface area contributed by atoms with Gasteiger partial charge in [-0.2, -0.15) is 0 Å². The fourth-order valence-corrected chi connectivity index (χ4v) is 4.20. The molecule has 0 fully saturated rings. The Morgan fingerprint density at radius 3 is 2.33 bits per heavy atom. The molecule has 1 N–H and O–H groups in total. The maximum Gasteiger partial charge on any atom is 0.339 e. The highest BCUT2D eigenvalue weighted by Crippen LogP contribution is 2.20. The van der Waals surface area contributed by atoms with Crippen LogP contribution in [0.25, 0.3) is 0 Å². The number of carbonyl (C=O) groups excluding carboxylic acids is 2. The second kappa shape index (κ2) is 8.77. The van der Waals surface area contributed by atoms with Crippen molar-refractivity contribution in [3.8, 4) is 0 Å². The quantitative estimate of drug-likeness (QED) is 0.535. The van der Waals surface area contributed by atoms with Crippen LogP contribution in [0.2, 0.25) is 0 Å². The predicted octanol–water partition coefficient (Wildman–Crippen LogP) is 2.80. The molecule has 0 atom stereocenters. The molecule has 0 bridgehead atoms. The van der Waals surface area contributed by atoms with Crippen molar-refractivity contribution >= 4 is 33.1 Å². The fraction of sp³-hybridized carbons (Fsp3) is 0.368. The summed E-state index contributed by atoms with van der Waals surface area (Å²) in [7, 11) is -3.23. The molecule has 0 radical (unpaired) electrons. The normalized spacial score (nSPS) is 11.4. The van der Waals surface area contributed by atoms with Gasteiger partial charge in [0.1, 0.15) is 0 Å². The Kier molecular flexibility index (Phi) is 6.91. The number of Topliss-reactive ketones (excluding diaryl/α,β-unsaturated/α-hetero) is 1. The number of hydrogen-bond donors (Lipinski definition) is 1. The van der Waals surface area contributed by atoms with Crippen LogP contribution in [0.4, 0.5) is 0 Å². The van der Waals surface area contributed by atoms with E-state index in [-0.39, 0.29) is 18.9 Å². The summed E-state index contributed by atoms with van der Waals surface area (Å²) in [6, 6.07) is 7.25. The van der Waals surface area contributed by atoms with E-state index in [0.717, 1.165) is 27.8 Å². The van der Waals surface area contributed by atoms with Crippen LogP contribution in [0.5, 0.6) is 0 Å². The minimum Gasteiger partial charge on any atom is -0.454 e. The van der Waals surface area contributed by atoms with Crippen molar-refractivity contribution in [3.05, 3.63) is 56.3 Å². The van der Waals surface area contributed by atoms with E-state index in [1.165, 1.54) is 11.3 Å². The van der Waals surface area contributed by atoms with E-state index in [1.807, 2.05) is 32.9 Å². The lowest BCUT2D eigenvalue weighted by molar-refractivity contribution is 0.0474. The van der Waals surface area contributed by atoms with Crippen LogP contribution in [0.3, 0.4) is 0 Å². The van der Waals surface area contributed by atoms with Gasteiger partial charge >= 0.3 is 5.97 Å². The molecule has 146 valence electrons. The van der Waals surface area contributed by atoms with Crippen LogP contribution >= 0.6 is 11.3 Å². The number of benzene rings is 1. The number of esters is 1. The summed E-state index contributed by atoms with van der Waals surface area (Å²) in [6.45, 7) is 5.59. The molecule has 2 rings (SSSR count). The van der Waals surface area contributed by atoms with Crippen molar-refractivity contribution in [2.24, 2.45) is 0 Å². The highest BCUT2D eigenvalue weighted by Gasteiger charge is 2.17. The van der Waals surface area contributed by atoms with Crippen LogP contribution in [-0.4, -0.2) is 39.6 Å². The summed E-state index contributed by atoms with van der Waals surface area (Å²) < 4.78 is 29.7. The van der Waals surface area contributed by atoms with Gasteiger partial charge in [-0.1, -0.05) is 17.7 Å². The predicted molar refractivity (Wildman–Crippen MR) is 106 cm³/mol. The zero-order valence-electron chi connectivity index (χ0n) is 15.8. The second-order valence-corrected chi connectivity index (χ2v) is 9.46. The molecule has 0 aliphatic heterocycles. The zero-order valence-corrected chi connectivity index (χ0v) is 17.4. The van der Waals surface area contributed by atoms with Gasteiger partial charge in [-0.15, -0.1) is 11.3 Å². The molecule has 0 spiro atoms. The lowest BCUT2D eigenvalue weighted by Crippen LogP contribution is -2.24. The monoisotopic (exact) mass is 409 g/mol. The number of aryl methyl sites for hydroxylation is 3. The summed E-state index contributed by atoms with van der Waals surface area (Å²) in [6.07, 6.45) is 1.59. The van der Waals surface area contributed by atoms with Crippen molar-refractivity contribution in [2.45, 2.75) is 27.2 Å². The van der Waals surface area contributed by atoms with E-state index < -0.39 is 16.0 Å². The highest BCUT2D eigenvalue weighted by atomic mass is 32.2. The smallest absolute Gasteiger partial charge is 0.339 e. The summed E-state index contributed by atoms with van der Waals surface area (Å²) >= 11 is 1.27. The van der Waals surface area contributed by atoms with Crippen molar-refractivity contribution < 1.29 is 22.7 Å². The van der Waals surface area contributed by atoms with Gasteiger partial charge in [0.15, 0.2) is 6.61 Å². The minimum absolute atomic E-state index is 0.272. The first-order valence-electron chi connectivity index (χ1n) is 8.38. The molecule has 27 heavy (non-hydrogen) atoms. The van der Waals surface area contributed by atoms with Gasteiger partial charge in [0.05, 0.1) is 16.7 Å². The summed E-state index contributed by atoms with van der Waals surface area (Å²) in [5.41, 5.74) is 3.20. The third kappa shape index (κ3) is 6.27. The molecule has 1 aromatic heterocycles.